The maximum Gasteiger partial charge on any atom is 0.246 e. The van der Waals surface area contributed by atoms with Gasteiger partial charge in [-0.1, -0.05) is 20.8 Å². The van der Waals surface area contributed by atoms with Crippen molar-refractivity contribution in [2.24, 2.45) is 17.3 Å². The highest BCUT2D eigenvalue weighted by atomic mass is 16.5. The summed E-state index contributed by atoms with van der Waals surface area (Å²) in [5.41, 5.74) is -2.24. The quantitative estimate of drug-likeness (QED) is 0.555. The Labute approximate surface area is 185 Å². The van der Waals surface area contributed by atoms with Crippen LogP contribution in [0.25, 0.3) is 0 Å². The summed E-state index contributed by atoms with van der Waals surface area (Å²) in [5, 5.41) is 15.2. The predicted octanol–water partition coefficient (Wildman–Crippen LogP) is 1.21. The Balaban J connectivity index is 1.98. The Morgan fingerprint density at radius 2 is 1.84 bits per heavy atom. The van der Waals surface area contributed by atoms with Crippen LogP contribution in [-0.4, -0.2) is 70.7 Å². The van der Waals surface area contributed by atoms with E-state index in [4.69, 9.17) is 4.74 Å². The lowest BCUT2D eigenvalue weighted by molar-refractivity contribution is -0.147. The third-order valence-corrected chi connectivity index (χ3v) is 7.04. The van der Waals surface area contributed by atoms with Crippen LogP contribution in [0.15, 0.2) is 0 Å². The van der Waals surface area contributed by atoms with Gasteiger partial charge in [0.25, 0.3) is 0 Å². The zero-order valence-electron chi connectivity index (χ0n) is 20.0. The molecular weight excluding hydrogens is 398 g/mol. The molecule has 176 valence electrons. The number of rotatable bonds is 7. The first-order valence-electron chi connectivity index (χ1n) is 11.4. The van der Waals surface area contributed by atoms with Gasteiger partial charge in [-0.2, -0.15) is 0 Å². The summed E-state index contributed by atoms with van der Waals surface area (Å²) in [4.78, 5) is 41.6. The molecule has 3 N–H and O–H groups in total. The van der Waals surface area contributed by atoms with Crippen molar-refractivity contribution in [1.82, 2.24) is 15.5 Å². The van der Waals surface area contributed by atoms with E-state index in [9.17, 15) is 19.5 Å². The standard InChI is InChI=1S/C23H39N3O5/c1-20(2,3)13-21(4,5)25-18(29)16-23-10-9-22(6,31-23)14(17(28)24-7)15(23)19(30)26(16)11-8-12-27/h14-16,27H,8-13H2,1-7H3,(H,24,28)(H,25,29)/t14-,15+,16?,22+,23?/m1/s1. The van der Waals surface area contributed by atoms with Crippen molar-refractivity contribution in [2.75, 3.05) is 20.2 Å². The van der Waals surface area contributed by atoms with Gasteiger partial charge in [0, 0.05) is 25.7 Å². The van der Waals surface area contributed by atoms with Gasteiger partial charge in [-0.25, -0.2) is 0 Å². The van der Waals surface area contributed by atoms with Crippen molar-refractivity contribution in [2.45, 2.75) is 90.0 Å². The van der Waals surface area contributed by atoms with Crippen molar-refractivity contribution in [1.29, 1.82) is 0 Å². The van der Waals surface area contributed by atoms with Crippen LogP contribution in [0.3, 0.4) is 0 Å². The molecule has 0 aliphatic carbocycles. The predicted molar refractivity (Wildman–Crippen MR) is 116 cm³/mol. The van der Waals surface area contributed by atoms with Crippen LogP contribution in [0.1, 0.15) is 67.2 Å². The Morgan fingerprint density at radius 3 is 2.39 bits per heavy atom. The molecule has 0 radical (unpaired) electrons. The number of hydrogen-bond donors (Lipinski definition) is 3. The largest absolute Gasteiger partial charge is 0.396 e. The van der Waals surface area contributed by atoms with Crippen molar-refractivity contribution < 1.29 is 24.2 Å². The summed E-state index contributed by atoms with van der Waals surface area (Å²) < 4.78 is 6.49. The molecule has 3 fully saturated rings. The summed E-state index contributed by atoms with van der Waals surface area (Å²) in [7, 11) is 1.56. The molecule has 0 aromatic rings. The van der Waals surface area contributed by atoms with Crippen LogP contribution in [0.4, 0.5) is 0 Å². The zero-order valence-corrected chi connectivity index (χ0v) is 20.0. The summed E-state index contributed by atoms with van der Waals surface area (Å²) in [6.07, 6.45) is 2.31. The number of fused-ring (bicyclic) bond motifs is 1. The maximum absolute atomic E-state index is 13.7. The number of likely N-dealkylation sites (tertiary alicyclic amines) is 1. The van der Waals surface area contributed by atoms with E-state index in [0.717, 1.165) is 6.42 Å². The Kier molecular flexibility index (Phi) is 5.98. The summed E-state index contributed by atoms with van der Waals surface area (Å²) in [5.74, 6) is -2.01. The van der Waals surface area contributed by atoms with E-state index < -0.39 is 34.6 Å². The molecule has 5 atom stereocenters. The third-order valence-electron chi connectivity index (χ3n) is 7.04. The zero-order chi connectivity index (χ0) is 23.4. The molecule has 3 amide bonds. The number of ether oxygens (including phenoxy) is 1. The molecule has 31 heavy (non-hydrogen) atoms. The van der Waals surface area contributed by atoms with Gasteiger partial charge in [0.1, 0.15) is 11.6 Å². The molecule has 8 heteroatoms. The van der Waals surface area contributed by atoms with Crippen LogP contribution in [0, 0.1) is 17.3 Å². The molecule has 0 aromatic carbocycles. The molecule has 1 spiro atoms. The highest BCUT2D eigenvalue weighted by Gasteiger charge is 2.77. The minimum atomic E-state index is -1.01. The number of nitrogens with one attached hydrogen (secondary N) is 2. The Hall–Kier alpha value is -1.67. The van der Waals surface area contributed by atoms with Gasteiger partial charge in [-0.3, -0.25) is 14.4 Å². The lowest BCUT2D eigenvalue weighted by Gasteiger charge is -2.38. The van der Waals surface area contributed by atoms with Crippen molar-refractivity contribution in [3.63, 3.8) is 0 Å². The highest BCUT2D eigenvalue weighted by molar-refractivity contribution is 5.99. The smallest absolute Gasteiger partial charge is 0.246 e. The fourth-order valence-electron chi connectivity index (χ4n) is 6.54. The number of carbonyl (C=O) groups excluding carboxylic acids is 3. The molecule has 0 aromatic heterocycles. The van der Waals surface area contributed by atoms with Gasteiger partial charge in [0.2, 0.25) is 17.7 Å². The number of carbonyl (C=O) groups is 3. The van der Waals surface area contributed by atoms with Gasteiger partial charge in [0.15, 0.2) is 0 Å². The van der Waals surface area contributed by atoms with E-state index in [1.807, 2.05) is 20.8 Å². The van der Waals surface area contributed by atoms with Crippen LogP contribution in [-0.2, 0) is 19.1 Å². The first-order chi connectivity index (χ1) is 14.2. The molecule has 3 aliphatic heterocycles. The van der Waals surface area contributed by atoms with Crippen LogP contribution in [0.5, 0.6) is 0 Å². The average molecular weight is 438 g/mol. The Bertz CT molecular complexity index is 761. The first-order valence-corrected chi connectivity index (χ1v) is 11.4. The fourth-order valence-corrected chi connectivity index (χ4v) is 6.54. The molecular formula is C23H39N3O5. The second kappa shape index (κ2) is 7.73. The second-order valence-corrected chi connectivity index (χ2v) is 11.6. The molecule has 0 saturated carbocycles. The molecule has 2 unspecified atom stereocenters. The summed E-state index contributed by atoms with van der Waals surface area (Å²) in [6, 6.07) is -0.813. The fraction of sp³-hybridized carbons (Fsp3) is 0.870. The SMILES string of the molecule is CNC(=O)[C@H]1[C@H]2C(=O)N(CCCO)C(C(=O)NC(C)(C)CC(C)(C)C)C23CC[C@]1(C)O3. The van der Waals surface area contributed by atoms with Crippen LogP contribution in [0.2, 0.25) is 0 Å². The molecule has 3 aliphatic rings. The monoisotopic (exact) mass is 437 g/mol. The lowest BCUT2D eigenvalue weighted by atomic mass is 9.66. The summed E-state index contributed by atoms with van der Waals surface area (Å²) >= 11 is 0. The number of aliphatic hydroxyl groups is 1. The topological polar surface area (TPSA) is 108 Å². The lowest BCUT2D eigenvalue weighted by Crippen LogP contribution is -2.59. The van der Waals surface area contributed by atoms with E-state index in [0.29, 0.717) is 19.3 Å². The van der Waals surface area contributed by atoms with E-state index >= 15 is 0 Å². The van der Waals surface area contributed by atoms with Gasteiger partial charge in [-0.05, 0) is 51.9 Å². The minimum Gasteiger partial charge on any atom is -0.396 e. The van der Waals surface area contributed by atoms with Gasteiger partial charge in [-0.15, -0.1) is 0 Å². The van der Waals surface area contributed by atoms with Crippen LogP contribution < -0.4 is 10.6 Å². The minimum absolute atomic E-state index is 0.0137. The second-order valence-electron chi connectivity index (χ2n) is 11.6. The van der Waals surface area contributed by atoms with Gasteiger partial charge >= 0.3 is 0 Å². The van der Waals surface area contributed by atoms with Crippen molar-refractivity contribution >= 4 is 17.7 Å². The molecule has 3 saturated heterocycles. The summed E-state index contributed by atoms with van der Waals surface area (Å²) in [6.45, 7) is 12.4. The molecule has 3 rings (SSSR count). The van der Waals surface area contributed by atoms with Gasteiger partial charge < -0.3 is 25.4 Å². The highest BCUT2D eigenvalue weighted by Crippen LogP contribution is 2.63. The first kappa shape index (κ1) is 24.0. The number of aliphatic hydroxyl groups excluding tert-OH is 1. The number of hydrogen-bond acceptors (Lipinski definition) is 5. The van der Waals surface area contributed by atoms with Crippen molar-refractivity contribution in [3.05, 3.63) is 0 Å². The average Bonchev–Trinajstić information content (AvgIpc) is 3.17. The van der Waals surface area contributed by atoms with Crippen LogP contribution >= 0.6 is 0 Å². The van der Waals surface area contributed by atoms with Crippen molar-refractivity contribution in [3.8, 4) is 0 Å². The van der Waals surface area contributed by atoms with E-state index in [2.05, 4.69) is 31.4 Å². The van der Waals surface area contributed by atoms with E-state index in [-0.39, 0.29) is 36.3 Å². The number of nitrogens with zero attached hydrogens (tertiary/aromatic N) is 1. The Morgan fingerprint density at radius 1 is 1.19 bits per heavy atom. The molecule has 8 nitrogen and oxygen atoms in total. The van der Waals surface area contributed by atoms with E-state index in [1.54, 1.807) is 11.9 Å². The van der Waals surface area contributed by atoms with E-state index in [1.165, 1.54) is 0 Å². The normalized spacial score (nSPS) is 34.8. The maximum atomic E-state index is 13.7. The van der Waals surface area contributed by atoms with Gasteiger partial charge in [0.05, 0.1) is 17.4 Å². The molecule has 2 bridgehead atoms. The third kappa shape index (κ3) is 3.97. The number of amides is 3. The molecule has 3 heterocycles.